The molecule has 24 heavy (non-hydrogen) atoms. The van der Waals surface area contributed by atoms with E-state index in [0.29, 0.717) is 18.5 Å². The van der Waals surface area contributed by atoms with Crippen LogP contribution >= 0.6 is 22.6 Å². The maximum atomic E-state index is 12.2. The van der Waals surface area contributed by atoms with Crippen LogP contribution in [-0.4, -0.2) is 11.8 Å². The van der Waals surface area contributed by atoms with E-state index in [0.717, 1.165) is 26.8 Å². The molecule has 0 saturated carbocycles. The minimum atomic E-state index is -0.0896. The Morgan fingerprint density at radius 1 is 1.08 bits per heavy atom. The van der Waals surface area contributed by atoms with Gasteiger partial charge in [0.1, 0.15) is 0 Å². The SMILES string of the molecule is CCCC(=O)Nc1ccc(CNC(=O)c2ccc(C)c(I)c2)cc1. The predicted molar refractivity (Wildman–Crippen MR) is 105 cm³/mol. The number of benzene rings is 2. The summed E-state index contributed by atoms with van der Waals surface area (Å²) in [5, 5.41) is 5.76. The van der Waals surface area contributed by atoms with Crippen molar-refractivity contribution in [2.75, 3.05) is 5.32 Å². The van der Waals surface area contributed by atoms with Gasteiger partial charge in [-0.05, 0) is 71.3 Å². The van der Waals surface area contributed by atoms with Crippen LogP contribution in [0.1, 0.15) is 41.3 Å². The summed E-state index contributed by atoms with van der Waals surface area (Å²) in [6.45, 7) is 4.44. The van der Waals surface area contributed by atoms with Gasteiger partial charge in [-0.1, -0.05) is 25.1 Å². The third-order valence-electron chi connectivity index (χ3n) is 3.60. The molecule has 0 aliphatic heterocycles. The molecule has 2 aromatic rings. The first-order valence-electron chi connectivity index (χ1n) is 7.92. The topological polar surface area (TPSA) is 58.2 Å². The average molecular weight is 436 g/mol. The van der Waals surface area contributed by atoms with E-state index in [2.05, 4.69) is 33.2 Å². The maximum Gasteiger partial charge on any atom is 0.251 e. The Hall–Kier alpha value is -1.89. The van der Waals surface area contributed by atoms with Crippen LogP contribution in [0.3, 0.4) is 0 Å². The number of carbonyl (C=O) groups is 2. The molecule has 4 nitrogen and oxygen atoms in total. The first-order chi connectivity index (χ1) is 11.5. The fourth-order valence-corrected chi connectivity index (χ4v) is 2.69. The van der Waals surface area contributed by atoms with Crippen LogP contribution in [0.4, 0.5) is 5.69 Å². The second-order valence-corrected chi connectivity index (χ2v) is 6.80. The molecule has 0 bridgehead atoms. The van der Waals surface area contributed by atoms with Crippen molar-refractivity contribution in [1.29, 1.82) is 0 Å². The largest absolute Gasteiger partial charge is 0.348 e. The van der Waals surface area contributed by atoms with Crippen LogP contribution in [0.5, 0.6) is 0 Å². The number of amides is 2. The molecule has 0 aliphatic rings. The van der Waals surface area contributed by atoms with E-state index in [1.165, 1.54) is 0 Å². The van der Waals surface area contributed by atoms with E-state index >= 15 is 0 Å². The molecule has 0 unspecified atom stereocenters. The van der Waals surface area contributed by atoms with E-state index in [1.807, 2.05) is 56.3 Å². The molecule has 0 heterocycles. The predicted octanol–water partition coefficient (Wildman–Crippen LogP) is 4.27. The van der Waals surface area contributed by atoms with Crippen molar-refractivity contribution in [3.8, 4) is 0 Å². The van der Waals surface area contributed by atoms with E-state index in [4.69, 9.17) is 0 Å². The fourth-order valence-electron chi connectivity index (χ4n) is 2.17. The number of aryl methyl sites for hydroxylation is 1. The van der Waals surface area contributed by atoms with Gasteiger partial charge in [-0.25, -0.2) is 0 Å². The molecule has 0 spiro atoms. The molecular weight excluding hydrogens is 415 g/mol. The number of rotatable bonds is 6. The number of hydrogen-bond acceptors (Lipinski definition) is 2. The van der Waals surface area contributed by atoms with E-state index in [9.17, 15) is 9.59 Å². The van der Waals surface area contributed by atoms with E-state index < -0.39 is 0 Å². The molecule has 2 rings (SSSR count). The number of anilines is 1. The molecule has 2 N–H and O–H groups in total. The highest BCUT2D eigenvalue weighted by atomic mass is 127. The summed E-state index contributed by atoms with van der Waals surface area (Å²) in [5.41, 5.74) is 3.58. The van der Waals surface area contributed by atoms with Gasteiger partial charge in [0.15, 0.2) is 0 Å². The van der Waals surface area contributed by atoms with Crippen LogP contribution in [0.15, 0.2) is 42.5 Å². The molecule has 2 amide bonds. The highest BCUT2D eigenvalue weighted by Gasteiger charge is 2.07. The van der Waals surface area contributed by atoms with Gasteiger partial charge in [-0.3, -0.25) is 9.59 Å². The minimum Gasteiger partial charge on any atom is -0.348 e. The summed E-state index contributed by atoms with van der Waals surface area (Å²) in [4.78, 5) is 23.7. The Kier molecular flexibility index (Phi) is 6.78. The summed E-state index contributed by atoms with van der Waals surface area (Å²) < 4.78 is 1.08. The van der Waals surface area contributed by atoms with Gasteiger partial charge < -0.3 is 10.6 Å². The first kappa shape index (κ1) is 18.4. The monoisotopic (exact) mass is 436 g/mol. The van der Waals surface area contributed by atoms with Crippen LogP contribution in [0, 0.1) is 10.5 Å². The van der Waals surface area contributed by atoms with Gasteiger partial charge in [0.2, 0.25) is 5.91 Å². The van der Waals surface area contributed by atoms with Crippen molar-refractivity contribution < 1.29 is 9.59 Å². The Morgan fingerprint density at radius 3 is 2.42 bits per heavy atom. The molecule has 0 aromatic heterocycles. The Labute approximate surface area is 156 Å². The Balaban J connectivity index is 1.90. The van der Waals surface area contributed by atoms with Gasteiger partial charge in [-0.15, -0.1) is 0 Å². The van der Waals surface area contributed by atoms with Gasteiger partial charge >= 0.3 is 0 Å². The molecule has 5 heteroatoms. The zero-order valence-electron chi connectivity index (χ0n) is 13.9. The third kappa shape index (κ3) is 5.33. The lowest BCUT2D eigenvalue weighted by Crippen LogP contribution is -2.22. The van der Waals surface area contributed by atoms with Gasteiger partial charge in [0.25, 0.3) is 5.91 Å². The second kappa shape index (κ2) is 8.82. The summed E-state index contributed by atoms with van der Waals surface area (Å²) in [7, 11) is 0. The summed E-state index contributed by atoms with van der Waals surface area (Å²) in [6.07, 6.45) is 1.35. The Morgan fingerprint density at radius 2 is 1.79 bits per heavy atom. The number of hydrogen-bond donors (Lipinski definition) is 2. The highest BCUT2D eigenvalue weighted by Crippen LogP contribution is 2.14. The van der Waals surface area contributed by atoms with Crippen molar-refractivity contribution in [2.45, 2.75) is 33.2 Å². The van der Waals surface area contributed by atoms with Crippen LogP contribution in [0.2, 0.25) is 0 Å². The summed E-state index contributed by atoms with van der Waals surface area (Å²) >= 11 is 2.23. The fraction of sp³-hybridized carbons (Fsp3) is 0.263. The van der Waals surface area contributed by atoms with Crippen LogP contribution in [0.25, 0.3) is 0 Å². The quantitative estimate of drug-likeness (QED) is 0.665. The second-order valence-electron chi connectivity index (χ2n) is 5.64. The highest BCUT2D eigenvalue weighted by molar-refractivity contribution is 14.1. The number of halogens is 1. The van der Waals surface area contributed by atoms with Crippen molar-refractivity contribution in [1.82, 2.24) is 5.32 Å². The van der Waals surface area contributed by atoms with Crippen LogP contribution < -0.4 is 10.6 Å². The number of carbonyl (C=O) groups excluding carboxylic acids is 2. The summed E-state index contributed by atoms with van der Waals surface area (Å²) in [5.74, 6) is -0.0687. The molecular formula is C19H21IN2O2. The molecule has 0 atom stereocenters. The normalized spacial score (nSPS) is 10.3. The zero-order valence-corrected chi connectivity index (χ0v) is 16.0. The van der Waals surface area contributed by atoms with Gasteiger partial charge in [0, 0.05) is 27.8 Å². The van der Waals surface area contributed by atoms with Gasteiger partial charge in [-0.2, -0.15) is 0 Å². The van der Waals surface area contributed by atoms with Crippen molar-refractivity contribution in [3.63, 3.8) is 0 Å². The number of nitrogens with one attached hydrogen (secondary N) is 2. The smallest absolute Gasteiger partial charge is 0.251 e. The zero-order chi connectivity index (χ0) is 17.5. The van der Waals surface area contributed by atoms with Crippen LogP contribution in [-0.2, 0) is 11.3 Å². The lowest BCUT2D eigenvalue weighted by Gasteiger charge is -2.08. The molecule has 0 fully saturated rings. The van der Waals surface area contributed by atoms with Crippen molar-refractivity contribution >= 4 is 40.1 Å². The Bertz CT molecular complexity index is 727. The summed E-state index contributed by atoms with van der Waals surface area (Å²) in [6, 6.07) is 13.2. The molecule has 0 aliphatic carbocycles. The van der Waals surface area contributed by atoms with Gasteiger partial charge in [0.05, 0.1) is 0 Å². The lowest BCUT2D eigenvalue weighted by atomic mass is 10.1. The van der Waals surface area contributed by atoms with Crippen molar-refractivity contribution in [3.05, 3.63) is 62.7 Å². The third-order valence-corrected chi connectivity index (χ3v) is 4.76. The molecule has 0 saturated heterocycles. The standard InChI is InChI=1S/C19H21IN2O2/c1-3-4-18(23)22-16-9-6-14(7-10-16)12-21-19(24)15-8-5-13(2)17(20)11-15/h5-11H,3-4,12H2,1-2H3,(H,21,24)(H,22,23). The maximum absolute atomic E-state index is 12.2. The lowest BCUT2D eigenvalue weighted by molar-refractivity contribution is -0.116. The van der Waals surface area contributed by atoms with E-state index in [1.54, 1.807) is 0 Å². The molecule has 0 radical (unpaired) electrons. The molecule has 126 valence electrons. The molecule has 2 aromatic carbocycles. The average Bonchev–Trinajstić information content (AvgIpc) is 2.56. The van der Waals surface area contributed by atoms with Crippen molar-refractivity contribution in [2.24, 2.45) is 0 Å². The van der Waals surface area contributed by atoms with E-state index in [-0.39, 0.29) is 11.8 Å². The minimum absolute atomic E-state index is 0.0209. The first-order valence-corrected chi connectivity index (χ1v) is 9.00.